The Hall–Kier alpha value is -2.80. The average molecular weight is 513 g/mol. The van der Waals surface area contributed by atoms with Crippen LogP contribution in [0.3, 0.4) is 0 Å². The van der Waals surface area contributed by atoms with Gasteiger partial charge in [-0.15, -0.1) is 13.2 Å². The SMILES string of the molecule is CC(C)CN1CC[C@]23CCCC[C@H]2[C@H]1Cc1ccc(NC(=O)C(=Cc2ccccc2)OC(F)(F)F)cc13. The second-order valence-corrected chi connectivity index (χ2v) is 11.2. The molecule has 2 fully saturated rings. The maximum Gasteiger partial charge on any atom is 0.573 e. The number of benzene rings is 2. The number of piperidine rings is 1. The molecule has 5 rings (SSSR count). The summed E-state index contributed by atoms with van der Waals surface area (Å²) < 4.78 is 43.5. The molecule has 1 saturated heterocycles. The third-order valence-electron chi connectivity index (χ3n) is 8.36. The highest BCUT2D eigenvalue weighted by atomic mass is 19.4. The van der Waals surface area contributed by atoms with Gasteiger partial charge in [0.25, 0.3) is 5.91 Å². The molecule has 0 aromatic heterocycles. The van der Waals surface area contributed by atoms with E-state index in [0.717, 1.165) is 38.4 Å². The molecule has 4 nitrogen and oxygen atoms in total. The number of anilines is 1. The van der Waals surface area contributed by atoms with E-state index < -0.39 is 18.0 Å². The first kappa shape index (κ1) is 25.8. The minimum atomic E-state index is -4.97. The van der Waals surface area contributed by atoms with Crippen molar-refractivity contribution in [3.8, 4) is 0 Å². The summed E-state index contributed by atoms with van der Waals surface area (Å²) in [6, 6.07) is 14.8. The third-order valence-corrected chi connectivity index (χ3v) is 8.36. The summed E-state index contributed by atoms with van der Waals surface area (Å²) in [5.74, 6) is -0.507. The number of fused-ring (bicyclic) bond motifs is 1. The van der Waals surface area contributed by atoms with Crippen LogP contribution in [0.5, 0.6) is 0 Å². The molecule has 2 aliphatic carbocycles. The number of ether oxygens (including phenoxy) is 1. The quantitative estimate of drug-likeness (QED) is 0.338. The summed E-state index contributed by atoms with van der Waals surface area (Å²) in [5, 5.41) is 2.69. The van der Waals surface area contributed by atoms with Gasteiger partial charge < -0.3 is 10.1 Å². The fourth-order valence-electron chi connectivity index (χ4n) is 7.02. The van der Waals surface area contributed by atoms with E-state index in [1.807, 2.05) is 12.1 Å². The Kier molecular flexibility index (Phi) is 7.10. The first-order valence-electron chi connectivity index (χ1n) is 13.4. The fraction of sp³-hybridized carbons (Fsp3) is 0.500. The van der Waals surface area contributed by atoms with Gasteiger partial charge in [0.1, 0.15) is 0 Å². The molecule has 0 spiro atoms. The summed E-state index contributed by atoms with van der Waals surface area (Å²) in [6.45, 7) is 6.73. The Labute approximate surface area is 216 Å². The summed E-state index contributed by atoms with van der Waals surface area (Å²) in [6.07, 6.45) is 2.98. The zero-order valence-electron chi connectivity index (χ0n) is 21.5. The first-order valence-corrected chi connectivity index (χ1v) is 13.4. The van der Waals surface area contributed by atoms with Gasteiger partial charge in [-0.1, -0.05) is 63.1 Å². The molecule has 198 valence electrons. The molecule has 0 radical (unpaired) electrons. The highest BCUT2D eigenvalue weighted by Gasteiger charge is 2.53. The summed E-state index contributed by atoms with van der Waals surface area (Å²) >= 11 is 0. The van der Waals surface area contributed by atoms with Gasteiger partial charge in [-0.25, -0.2) is 0 Å². The Morgan fingerprint density at radius 2 is 1.95 bits per heavy atom. The lowest BCUT2D eigenvalue weighted by atomic mass is 9.52. The minimum absolute atomic E-state index is 0.0793. The lowest BCUT2D eigenvalue weighted by molar-refractivity contribution is -0.303. The summed E-state index contributed by atoms with van der Waals surface area (Å²) in [5.41, 5.74) is 3.62. The largest absolute Gasteiger partial charge is 0.573 e. The van der Waals surface area contributed by atoms with Crippen LogP contribution in [0.25, 0.3) is 6.08 Å². The van der Waals surface area contributed by atoms with Gasteiger partial charge in [0.05, 0.1) is 0 Å². The van der Waals surface area contributed by atoms with Crippen molar-refractivity contribution in [1.29, 1.82) is 0 Å². The van der Waals surface area contributed by atoms with Crippen molar-refractivity contribution in [2.24, 2.45) is 11.8 Å². The van der Waals surface area contributed by atoms with Gasteiger partial charge in [-0.3, -0.25) is 9.69 Å². The highest BCUT2D eigenvalue weighted by Crippen LogP contribution is 2.56. The van der Waals surface area contributed by atoms with Crippen molar-refractivity contribution < 1.29 is 22.7 Å². The lowest BCUT2D eigenvalue weighted by Crippen LogP contribution is -2.61. The van der Waals surface area contributed by atoms with Gasteiger partial charge in [-0.2, -0.15) is 0 Å². The molecule has 1 saturated carbocycles. The number of amides is 1. The van der Waals surface area contributed by atoms with Crippen LogP contribution in [0, 0.1) is 11.8 Å². The van der Waals surface area contributed by atoms with Crippen LogP contribution in [-0.2, 0) is 21.4 Å². The molecule has 1 N–H and O–H groups in total. The van der Waals surface area contributed by atoms with Crippen LogP contribution in [0.2, 0.25) is 0 Å². The van der Waals surface area contributed by atoms with Crippen molar-refractivity contribution in [2.75, 3.05) is 18.4 Å². The maximum absolute atomic E-state index is 13.1. The van der Waals surface area contributed by atoms with Crippen LogP contribution in [0.4, 0.5) is 18.9 Å². The number of hydrogen-bond acceptors (Lipinski definition) is 3. The van der Waals surface area contributed by atoms with Crippen LogP contribution in [0.15, 0.2) is 54.3 Å². The number of nitrogens with one attached hydrogen (secondary N) is 1. The molecular weight excluding hydrogens is 477 g/mol. The van der Waals surface area contributed by atoms with Crippen LogP contribution in [-0.4, -0.2) is 36.3 Å². The molecule has 1 aliphatic heterocycles. The van der Waals surface area contributed by atoms with Gasteiger partial charge in [0.15, 0.2) is 5.76 Å². The van der Waals surface area contributed by atoms with Gasteiger partial charge in [0, 0.05) is 23.7 Å². The number of likely N-dealkylation sites (tertiary alicyclic amines) is 1. The van der Waals surface area contributed by atoms with E-state index in [-0.39, 0.29) is 5.41 Å². The van der Waals surface area contributed by atoms with E-state index in [1.54, 1.807) is 30.3 Å². The number of rotatable bonds is 6. The van der Waals surface area contributed by atoms with Crippen LogP contribution >= 0.6 is 0 Å². The predicted octanol–water partition coefficient (Wildman–Crippen LogP) is 6.92. The zero-order valence-corrected chi connectivity index (χ0v) is 21.5. The van der Waals surface area contributed by atoms with E-state index in [2.05, 4.69) is 34.9 Å². The lowest BCUT2D eigenvalue weighted by Gasteiger charge is -2.59. The third kappa shape index (κ3) is 5.42. The summed E-state index contributed by atoms with van der Waals surface area (Å²) in [7, 11) is 0. The molecule has 2 aromatic rings. The Morgan fingerprint density at radius 3 is 2.68 bits per heavy atom. The Balaban J connectivity index is 1.44. The monoisotopic (exact) mass is 512 g/mol. The molecule has 37 heavy (non-hydrogen) atoms. The number of carbonyl (C=O) groups is 1. The van der Waals surface area contributed by atoms with Crippen molar-refractivity contribution in [3.63, 3.8) is 0 Å². The van der Waals surface area contributed by atoms with Crippen molar-refractivity contribution in [2.45, 2.75) is 70.2 Å². The highest BCUT2D eigenvalue weighted by molar-refractivity contribution is 6.05. The van der Waals surface area contributed by atoms with Crippen molar-refractivity contribution in [1.82, 2.24) is 4.90 Å². The molecule has 0 unspecified atom stereocenters. The van der Waals surface area contributed by atoms with Crippen molar-refractivity contribution in [3.05, 3.63) is 71.0 Å². The molecule has 7 heteroatoms. The van der Waals surface area contributed by atoms with E-state index in [1.165, 1.54) is 30.4 Å². The smallest absolute Gasteiger partial charge is 0.400 e. The van der Waals surface area contributed by atoms with Crippen LogP contribution < -0.4 is 5.32 Å². The predicted molar refractivity (Wildman–Crippen MR) is 139 cm³/mol. The molecule has 2 bridgehead atoms. The Bertz CT molecular complexity index is 1160. The number of alkyl halides is 3. The van der Waals surface area contributed by atoms with Crippen LogP contribution in [0.1, 0.15) is 62.6 Å². The second-order valence-electron chi connectivity index (χ2n) is 11.2. The van der Waals surface area contributed by atoms with E-state index in [9.17, 15) is 18.0 Å². The molecule has 3 atom stereocenters. The topological polar surface area (TPSA) is 41.6 Å². The zero-order chi connectivity index (χ0) is 26.2. The molecule has 1 amide bonds. The van der Waals surface area contributed by atoms with Gasteiger partial charge in [-0.05, 0) is 79.0 Å². The first-order chi connectivity index (χ1) is 17.6. The second kappa shape index (κ2) is 10.2. The van der Waals surface area contributed by atoms with E-state index >= 15 is 0 Å². The fourth-order valence-corrected chi connectivity index (χ4v) is 7.02. The average Bonchev–Trinajstić information content (AvgIpc) is 2.85. The van der Waals surface area contributed by atoms with Crippen molar-refractivity contribution >= 4 is 17.7 Å². The van der Waals surface area contributed by atoms with E-state index in [0.29, 0.717) is 29.1 Å². The number of hydrogen-bond donors (Lipinski definition) is 1. The molecular formula is C30H35F3N2O2. The molecule has 2 aromatic carbocycles. The summed E-state index contributed by atoms with van der Waals surface area (Å²) in [4.78, 5) is 15.7. The maximum atomic E-state index is 13.1. The normalized spacial score (nSPS) is 25.8. The van der Waals surface area contributed by atoms with Gasteiger partial charge in [0.2, 0.25) is 0 Å². The number of carbonyl (C=O) groups excluding carboxylic acids is 1. The molecule has 1 heterocycles. The number of nitrogens with zero attached hydrogens (tertiary/aromatic N) is 1. The number of halogens is 3. The minimum Gasteiger partial charge on any atom is -0.400 e. The van der Waals surface area contributed by atoms with E-state index in [4.69, 9.17) is 0 Å². The Morgan fingerprint density at radius 1 is 1.16 bits per heavy atom. The molecule has 3 aliphatic rings. The van der Waals surface area contributed by atoms with Gasteiger partial charge >= 0.3 is 6.36 Å². The standard InChI is InChI=1S/C30H35F3N2O2/c1-20(2)19-35-15-14-29-13-7-6-10-24(29)26(35)17-22-11-12-23(18-25(22)29)34-28(36)27(37-30(31,32)33)16-21-8-4-3-5-9-21/h3-5,8-9,11-12,16,18,20,24,26H,6-7,10,13-15,17,19H2,1-2H3,(H,34,36)/t24-,26+,29+/m0/s1.